The van der Waals surface area contributed by atoms with E-state index in [1.807, 2.05) is 31.2 Å². The van der Waals surface area contributed by atoms with E-state index in [0.717, 1.165) is 16.7 Å². The van der Waals surface area contributed by atoms with Gasteiger partial charge in [0.1, 0.15) is 5.75 Å². The molecule has 2 aliphatic carbocycles. The number of hydrogen-bond acceptors (Lipinski definition) is 7. The maximum absolute atomic E-state index is 14.4. The summed E-state index contributed by atoms with van der Waals surface area (Å²) in [7, 11) is 1.47. The molecule has 3 aromatic carbocycles. The first-order valence-corrected chi connectivity index (χ1v) is 15.9. The number of benzene rings is 3. The number of para-hydroxylation sites is 1. The summed E-state index contributed by atoms with van der Waals surface area (Å²) >= 11 is 0. The molecule has 2 aliphatic heterocycles. The van der Waals surface area contributed by atoms with Crippen LogP contribution in [0.4, 0.5) is 5.69 Å². The highest BCUT2D eigenvalue weighted by Crippen LogP contribution is 2.61. The van der Waals surface area contributed by atoms with Crippen molar-refractivity contribution >= 4 is 35.4 Å². The molecule has 240 valence electrons. The fraction of sp³-hybridized carbons (Fsp3) is 0.316. The lowest BCUT2D eigenvalue weighted by Crippen LogP contribution is -2.49. The molecular weight excluding hydrogens is 596 g/mol. The van der Waals surface area contributed by atoms with Gasteiger partial charge in [-0.05, 0) is 79.6 Å². The molecule has 9 heteroatoms. The number of phenols is 2. The Morgan fingerprint density at radius 3 is 2.38 bits per heavy atom. The number of nitrogens with zero attached hydrogens (tertiary/aromatic N) is 2. The number of hydrogen-bond donors (Lipinski definition) is 2. The minimum absolute atomic E-state index is 0.00452. The zero-order valence-corrected chi connectivity index (χ0v) is 26.2. The molecule has 3 fully saturated rings. The van der Waals surface area contributed by atoms with Crippen molar-refractivity contribution in [3.63, 3.8) is 0 Å². The van der Waals surface area contributed by atoms with E-state index in [1.54, 1.807) is 60.7 Å². The van der Waals surface area contributed by atoms with E-state index in [1.165, 1.54) is 23.0 Å². The van der Waals surface area contributed by atoms with Crippen molar-refractivity contribution in [2.24, 2.45) is 35.0 Å². The van der Waals surface area contributed by atoms with E-state index in [4.69, 9.17) is 4.74 Å². The Hall–Kier alpha value is -5.18. The zero-order chi connectivity index (χ0) is 33.0. The van der Waals surface area contributed by atoms with Gasteiger partial charge in [-0.15, -0.1) is 0 Å². The second-order valence-corrected chi connectivity index (χ2v) is 13.1. The third-order valence-electron chi connectivity index (χ3n) is 10.7. The van der Waals surface area contributed by atoms with Gasteiger partial charge in [0.2, 0.25) is 23.6 Å². The summed E-state index contributed by atoms with van der Waals surface area (Å²) in [6.07, 6.45) is 6.94. The van der Waals surface area contributed by atoms with Crippen LogP contribution in [0.1, 0.15) is 30.9 Å². The number of fused-ring (bicyclic) bond motifs is 4. The second kappa shape index (κ2) is 11.6. The van der Waals surface area contributed by atoms with E-state index >= 15 is 0 Å². The van der Waals surface area contributed by atoms with Gasteiger partial charge in [-0.3, -0.25) is 24.1 Å². The monoisotopic (exact) mass is 632 g/mol. The van der Waals surface area contributed by atoms with E-state index < -0.39 is 35.0 Å². The first-order chi connectivity index (χ1) is 22.6. The molecule has 0 aromatic heterocycles. The molecule has 7 rings (SSSR count). The minimum atomic E-state index is -1.12. The zero-order valence-electron chi connectivity index (χ0n) is 26.2. The minimum Gasteiger partial charge on any atom is -0.508 e. The summed E-state index contributed by atoms with van der Waals surface area (Å²) in [5, 5.41) is 19.8. The predicted molar refractivity (Wildman–Crippen MR) is 174 cm³/mol. The molecule has 2 N–H and O–H groups in total. The van der Waals surface area contributed by atoms with Crippen LogP contribution in [0.2, 0.25) is 0 Å². The van der Waals surface area contributed by atoms with Gasteiger partial charge in [0.25, 0.3) is 0 Å². The standard InChI is InChI=1S/C38H36N2O7/c1-38-29(16-10-23-11-17-31(42)32(20-23)47-2)26-14-15-27-33(36(45)39(34(27)43)19-18-22-8-12-25(41)13-9-22)28(26)21-30(38)35(44)40(37(38)46)24-6-4-3-5-7-24/h3-14,16-17,20,27-30,33,41-42H,15,18-19,21H2,1-2H3. The van der Waals surface area contributed by atoms with Crippen LogP contribution in [0.3, 0.4) is 0 Å². The van der Waals surface area contributed by atoms with Crippen LogP contribution in [0, 0.1) is 35.0 Å². The molecule has 4 amide bonds. The topological polar surface area (TPSA) is 124 Å². The van der Waals surface area contributed by atoms with E-state index in [-0.39, 0.29) is 41.7 Å². The molecule has 47 heavy (non-hydrogen) atoms. The number of allylic oxidation sites excluding steroid dienone is 3. The summed E-state index contributed by atoms with van der Waals surface area (Å²) in [5.74, 6) is -3.32. The number of ether oxygens (including phenoxy) is 1. The first-order valence-electron chi connectivity index (χ1n) is 15.9. The number of carbonyl (C=O) groups excluding carboxylic acids is 4. The SMILES string of the molecule is COc1cc(C=CC2C3=CCC4C(=O)N(CCc5ccc(O)cc5)C(=O)C4C3CC3C(=O)N(c4ccccc4)C(=O)C23C)ccc1O. The molecule has 0 radical (unpaired) electrons. The van der Waals surface area contributed by atoms with Gasteiger partial charge in [0.15, 0.2) is 11.5 Å². The second-order valence-electron chi connectivity index (χ2n) is 13.1. The highest BCUT2D eigenvalue weighted by Gasteiger charge is 2.66. The molecule has 2 saturated heterocycles. The maximum atomic E-state index is 14.4. The number of amides is 4. The van der Waals surface area contributed by atoms with Crippen LogP contribution in [0.25, 0.3) is 6.08 Å². The van der Waals surface area contributed by atoms with Crippen molar-refractivity contribution in [3.05, 3.63) is 102 Å². The summed E-state index contributed by atoms with van der Waals surface area (Å²) < 4.78 is 5.29. The number of rotatable bonds is 7. The van der Waals surface area contributed by atoms with Crippen molar-refractivity contribution in [3.8, 4) is 17.2 Å². The Morgan fingerprint density at radius 1 is 0.915 bits per heavy atom. The molecule has 2 heterocycles. The van der Waals surface area contributed by atoms with Gasteiger partial charge in [0.05, 0.1) is 36.0 Å². The lowest BCUT2D eigenvalue weighted by Gasteiger charge is -2.47. The number of carbonyl (C=O) groups is 4. The van der Waals surface area contributed by atoms with Crippen molar-refractivity contribution in [1.82, 2.24) is 4.90 Å². The van der Waals surface area contributed by atoms with Crippen LogP contribution in [0.15, 0.2) is 90.5 Å². The number of phenolic OH excluding ortho intramolecular Hbond substituents is 2. The van der Waals surface area contributed by atoms with Gasteiger partial charge in [-0.2, -0.15) is 0 Å². The summed E-state index contributed by atoms with van der Waals surface area (Å²) in [4.78, 5) is 59.0. The molecule has 0 bridgehead atoms. The average molecular weight is 633 g/mol. The van der Waals surface area contributed by atoms with E-state index in [0.29, 0.717) is 30.7 Å². The number of aromatic hydroxyl groups is 2. The third-order valence-corrected chi connectivity index (χ3v) is 10.7. The Kier molecular flexibility index (Phi) is 7.50. The summed E-state index contributed by atoms with van der Waals surface area (Å²) in [6.45, 7) is 2.08. The molecule has 6 atom stereocenters. The van der Waals surface area contributed by atoms with E-state index in [9.17, 15) is 29.4 Å². The number of likely N-dealkylation sites (tertiary alicyclic amines) is 1. The molecule has 0 spiro atoms. The quantitative estimate of drug-likeness (QED) is 0.274. The summed E-state index contributed by atoms with van der Waals surface area (Å²) in [5.41, 5.74) is 1.93. The smallest absolute Gasteiger partial charge is 0.241 e. The Bertz CT molecular complexity index is 1830. The maximum Gasteiger partial charge on any atom is 0.241 e. The molecular formula is C38H36N2O7. The first kappa shape index (κ1) is 30.5. The molecule has 9 nitrogen and oxygen atoms in total. The highest BCUT2D eigenvalue weighted by molar-refractivity contribution is 6.24. The highest BCUT2D eigenvalue weighted by atomic mass is 16.5. The fourth-order valence-electron chi connectivity index (χ4n) is 8.24. The van der Waals surface area contributed by atoms with Crippen molar-refractivity contribution in [2.75, 3.05) is 18.6 Å². The Balaban J connectivity index is 1.26. The Labute approximate surface area is 272 Å². The van der Waals surface area contributed by atoms with Crippen LogP contribution in [-0.4, -0.2) is 52.4 Å². The van der Waals surface area contributed by atoms with Gasteiger partial charge in [0, 0.05) is 12.5 Å². The molecule has 6 unspecified atom stereocenters. The van der Waals surface area contributed by atoms with Crippen LogP contribution in [0.5, 0.6) is 17.2 Å². The molecule has 1 saturated carbocycles. The van der Waals surface area contributed by atoms with Crippen LogP contribution < -0.4 is 9.64 Å². The fourth-order valence-corrected chi connectivity index (χ4v) is 8.24. The number of anilines is 1. The normalized spacial score (nSPS) is 28.4. The number of methoxy groups -OCH3 is 1. The average Bonchev–Trinajstić information content (AvgIpc) is 3.44. The largest absolute Gasteiger partial charge is 0.508 e. The summed E-state index contributed by atoms with van der Waals surface area (Å²) in [6, 6.07) is 20.6. The third kappa shape index (κ3) is 4.83. The lowest BCUT2D eigenvalue weighted by atomic mass is 9.52. The van der Waals surface area contributed by atoms with Crippen LogP contribution >= 0.6 is 0 Å². The van der Waals surface area contributed by atoms with Gasteiger partial charge in [-0.1, -0.05) is 60.2 Å². The van der Waals surface area contributed by atoms with Crippen molar-refractivity contribution < 1.29 is 34.1 Å². The van der Waals surface area contributed by atoms with Crippen molar-refractivity contribution in [2.45, 2.75) is 26.2 Å². The van der Waals surface area contributed by atoms with Gasteiger partial charge >= 0.3 is 0 Å². The van der Waals surface area contributed by atoms with Crippen LogP contribution in [-0.2, 0) is 25.6 Å². The molecule has 3 aromatic rings. The van der Waals surface area contributed by atoms with E-state index in [2.05, 4.69) is 0 Å². The molecule has 4 aliphatic rings. The lowest BCUT2D eigenvalue weighted by molar-refractivity contribution is -0.140. The Morgan fingerprint density at radius 2 is 1.66 bits per heavy atom. The predicted octanol–water partition coefficient (Wildman–Crippen LogP) is 5.13. The van der Waals surface area contributed by atoms with Gasteiger partial charge < -0.3 is 14.9 Å². The van der Waals surface area contributed by atoms with Gasteiger partial charge in [-0.25, -0.2) is 4.90 Å². The van der Waals surface area contributed by atoms with Crippen molar-refractivity contribution in [1.29, 1.82) is 0 Å². The number of imide groups is 2.